The van der Waals surface area contributed by atoms with Gasteiger partial charge in [0.05, 0.1) is 0 Å². The van der Waals surface area contributed by atoms with Crippen LogP contribution in [0, 0.1) is 0 Å². The van der Waals surface area contributed by atoms with E-state index in [1.165, 1.54) is 0 Å². The summed E-state index contributed by atoms with van der Waals surface area (Å²) >= 11 is 8.27. The van der Waals surface area contributed by atoms with Gasteiger partial charge in [-0.1, -0.05) is 27.5 Å². The van der Waals surface area contributed by atoms with Crippen LogP contribution in [0.25, 0.3) is 0 Å². The summed E-state index contributed by atoms with van der Waals surface area (Å²) in [5.41, 5.74) is 0. The molecule has 0 amide bonds. The monoisotopic (exact) mass is 230 g/mol. The standard InChI is InChI=1S/C5H8BrClO3/c1-4(6)2-9-5(8)10-3-7/h4H,2-3H2,1H3. The molecular weight excluding hydrogens is 223 g/mol. The van der Waals surface area contributed by atoms with Gasteiger partial charge in [-0.25, -0.2) is 4.79 Å². The molecule has 0 radical (unpaired) electrons. The van der Waals surface area contributed by atoms with Gasteiger partial charge in [-0.15, -0.1) is 0 Å². The first-order valence-corrected chi connectivity index (χ1v) is 4.11. The van der Waals surface area contributed by atoms with Crippen molar-refractivity contribution in [2.75, 3.05) is 12.7 Å². The smallest absolute Gasteiger partial charge is 0.433 e. The van der Waals surface area contributed by atoms with Gasteiger partial charge in [0.1, 0.15) is 6.61 Å². The van der Waals surface area contributed by atoms with E-state index in [-0.39, 0.29) is 17.5 Å². The van der Waals surface area contributed by atoms with Crippen LogP contribution in [0.5, 0.6) is 0 Å². The minimum Gasteiger partial charge on any atom is -0.433 e. The maximum atomic E-state index is 10.4. The highest BCUT2D eigenvalue weighted by Crippen LogP contribution is 1.98. The van der Waals surface area contributed by atoms with Crippen molar-refractivity contribution < 1.29 is 14.3 Å². The van der Waals surface area contributed by atoms with E-state index in [1.807, 2.05) is 6.92 Å². The van der Waals surface area contributed by atoms with Gasteiger partial charge in [-0.3, -0.25) is 0 Å². The first-order chi connectivity index (χ1) is 4.66. The van der Waals surface area contributed by atoms with Crippen molar-refractivity contribution in [3.05, 3.63) is 0 Å². The van der Waals surface area contributed by atoms with Crippen LogP contribution in [0.2, 0.25) is 0 Å². The number of halogens is 2. The van der Waals surface area contributed by atoms with Crippen LogP contribution in [0.15, 0.2) is 0 Å². The van der Waals surface area contributed by atoms with Crippen molar-refractivity contribution in [2.45, 2.75) is 11.8 Å². The van der Waals surface area contributed by atoms with E-state index in [9.17, 15) is 4.79 Å². The third-order valence-electron chi connectivity index (χ3n) is 0.603. The molecule has 10 heavy (non-hydrogen) atoms. The van der Waals surface area contributed by atoms with E-state index < -0.39 is 6.16 Å². The van der Waals surface area contributed by atoms with Gasteiger partial charge in [-0.2, -0.15) is 0 Å². The van der Waals surface area contributed by atoms with Gasteiger partial charge in [-0.05, 0) is 6.92 Å². The maximum absolute atomic E-state index is 10.4. The van der Waals surface area contributed by atoms with E-state index in [0.717, 1.165) is 0 Å². The molecule has 3 nitrogen and oxygen atoms in total. The lowest BCUT2D eigenvalue weighted by molar-refractivity contribution is 0.0692. The molecule has 0 fully saturated rings. The summed E-state index contributed by atoms with van der Waals surface area (Å²) in [7, 11) is 0. The maximum Gasteiger partial charge on any atom is 0.509 e. The zero-order chi connectivity index (χ0) is 7.98. The fourth-order valence-corrected chi connectivity index (χ4v) is 0.490. The number of hydrogen-bond donors (Lipinski definition) is 0. The fraction of sp³-hybridized carbons (Fsp3) is 0.800. The highest BCUT2D eigenvalue weighted by atomic mass is 79.9. The largest absolute Gasteiger partial charge is 0.509 e. The first kappa shape index (κ1) is 10.0. The topological polar surface area (TPSA) is 35.5 Å². The Morgan fingerprint density at radius 1 is 1.70 bits per heavy atom. The quantitative estimate of drug-likeness (QED) is 0.551. The molecule has 0 saturated heterocycles. The molecule has 0 aromatic carbocycles. The van der Waals surface area contributed by atoms with Crippen molar-refractivity contribution in [1.29, 1.82) is 0 Å². The van der Waals surface area contributed by atoms with Crippen molar-refractivity contribution in [3.63, 3.8) is 0 Å². The van der Waals surface area contributed by atoms with Gasteiger partial charge in [0.25, 0.3) is 0 Å². The third-order valence-corrected chi connectivity index (χ3v) is 0.977. The number of carbonyl (C=O) groups excluding carboxylic acids is 1. The van der Waals surface area contributed by atoms with Crippen LogP contribution in [0.1, 0.15) is 6.92 Å². The molecule has 0 aromatic rings. The third kappa shape index (κ3) is 6.16. The number of carbonyl (C=O) groups is 1. The molecule has 60 valence electrons. The second-order valence-electron chi connectivity index (χ2n) is 1.60. The Hall–Kier alpha value is 0.0400. The molecule has 1 atom stereocenters. The Balaban J connectivity index is 3.22. The predicted octanol–water partition coefficient (Wildman–Crippen LogP) is 2.12. The van der Waals surface area contributed by atoms with E-state index >= 15 is 0 Å². The Labute approximate surface area is 72.8 Å². The van der Waals surface area contributed by atoms with Crippen molar-refractivity contribution >= 4 is 33.7 Å². The van der Waals surface area contributed by atoms with Crippen LogP contribution in [-0.4, -0.2) is 23.7 Å². The molecule has 0 saturated carbocycles. The molecular formula is C5H8BrClO3. The molecule has 0 aliphatic rings. The van der Waals surface area contributed by atoms with Crippen LogP contribution >= 0.6 is 27.5 Å². The Morgan fingerprint density at radius 3 is 2.70 bits per heavy atom. The van der Waals surface area contributed by atoms with Crippen molar-refractivity contribution in [1.82, 2.24) is 0 Å². The number of rotatable bonds is 3. The molecule has 0 N–H and O–H groups in total. The Bertz CT molecular complexity index is 107. The van der Waals surface area contributed by atoms with Gasteiger partial charge in [0.2, 0.25) is 0 Å². The van der Waals surface area contributed by atoms with Gasteiger partial charge in [0, 0.05) is 4.83 Å². The average molecular weight is 231 g/mol. The predicted molar refractivity (Wildman–Crippen MR) is 41.5 cm³/mol. The number of ether oxygens (including phenoxy) is 2. The molecule has 5 heteroatoms. The van der Waals surface area contributed by atoms with E-state index in [0.29, 0.717) is 0 Å². The van der Waals surface area contributed by atoms with Crippen LogP contribution in [0.3, 0.4) is 0 Å². The Morgan fingerprint density at radius 2 is 2.30 bits per heavy atom. The molecule has 0 bridgehead atoms. The molecule has 1 unspecified atom stereocenters. The van der Waals surface area contributed by atoms with Crippen molar-refractivity contribution in [3.8, 4) is 0 Å². The van der Waals surface area contributed by atoms with E-state index in [4.69, 9.17) is 11.6 Å². The number of alkyl halides is 2. The normalized spacial score (nSPS) is 12.3. The Kier molecular flexibility index (Phi) is 5.82. The van der Waals surface area contributed by atoms with Crippen LogP contribution in [-0.2, 0) is 9.47 Å². The van der Waals surface area contributed by atoms with Crippen molar-refractivity contribution in [2.24, 2.45) is 0 Å². The lowest BCUT2D eigenvalue weighted by Crippen LogP contribution is -2.11. The van der Waals surface area contributed by atoms with Crippen LogP contribution in [0.4, 0.5) is 4.79 Å². The van der Waals surface area contributed by atoms with Crippen LogP contribution < -0.4 is 0 Å². The lowest BCUT2D eigenvalue weighted by atomic mass is 10.5. The zero-order valence-corrected chi connectivity index (χ0v) is 7.81. The van der Waals surface area contributed by atoms with E-state index in [2.05, 4.69) is 25.4 Å². The molecule has 0 spiro atoms. The summed E-state index contributed by atoms with van der Waals surface area (Å²) in [6.07, 6.45) is -0.735. The zero-order valence-electron chi connectivity index (χ0n) is 5.47. The second kappa shape index (κ2) is 5.80. The van der Waals surface area contributed by atoms with Gasteiger partial charge < -0.3 is 9.47 Å². The van der Waals surface area contributed by atoms with Gasteiger partial charge in [0.15, 0.2) is 6.07 Å². The molecule has 0 aliphatic heterocycles. The summed E-state index contributed by atoms with van der Waals surface area (Å²) in [6.45, 7) is 2.14. The minimum absolute atomic E-state index is 0.135. The molecule has 0 aromatic heterocycles. The average Bonchev–Trinajstić information content (AvgIpc) is 1.85. The fourth-order valence-electron chi connectivity index (χ4n) is 0.269. The van der Waals surface area contributed by atoms with Gasteiger partial charge >= 0.3 is 6.16 Å². The molecule has 0 aliphatic carbocycles. The summed E-state index contributed by atoms with van der Waals surface area (Å²) in [5.74, 6) is 0. The summed E-state index contributed by atoms with van der Waals surface area (Å²) in [6, 6.07) is -0.171. The van der Waals surface area contributed by atoms with E-state index in [1.54, 1.807) is 0 Å². The summed E-state index contributed by atoms with van der Waals surface area (Å²) in [5, 5.41) is 0. The molecule has 0 rings (SSSR count). The minimum atomic E-state index is -0.735. The second-order valence-corrected chi connectivity index (χ2v) is 3.38. The molecule has 0 heterocycles. The highest BCUT2D eigenvalue weighted by Gasteiger charge is 2.03. The first-order valence-electron chi connectivity index (χ1n) is 2.66. The SMILES string of the molecule is CC(Br)COC(=O)OCCl. The highest BCUT2D eigenvalue weighted by molar-refractivity contribution is 9.09. The summed E-state index contributed by atoms with van der Waals surface area (Å²) in [4.78, 5) is 10.5. The lowest BCUT2D eigenvalue weighted by Gasteiger charge is -2.03. The summed E-state index contributed by atoms with van der Waals surface area (Å²) < 4.78 is 8.83. The number of hydrogen-bond acceptors (Lipinski definition) is 3.